The minimum Gasteiger partial charge on any atom is -0.339 e. The van der Waals surface area contributed by atoms with E-state index in [4.69, 9.17) is 0 Å². The topological polar surface area (TPSA) is 60.9 Å². The summed E-state index contributed by atoms with van der Waals surface area (Å²) in [7, 11) is 0.215. The average Bonchev–Trinajstić information content (AvgIpc) is 2.85. The first kappa shape index (κ1) is 16.9. The van der Waals surface area contributed by atoms with E-state index in [-0.39, 0.29) is 5.91 Å². The Morgan fingerprint density at radius 1 is 1.33 bits per heavy atom. The Morgan fingerprint density at radius 2 is 1.95 bits per heavy atom. The van der Waals surface area contributed by atoms with E-state index in [1.807, 2.05) is 19.0 Å². The SMILES string of the molecule is CN(C)CC(=O)N1CCN(S(=O)(=O)c2sccc2Br)CC1. The normalized spacial score (nSPS) is 17.4. The van der Waals surface area contributed by atoms with E-state index in [1.165, 1.54) is 15.6 Å². The molecule has 6 nitrogen and oxygen atoms in total. The largest absolute Gasteiger partial charge is 0.339 e. The number of hydrogen-bond donors (Lipinski definition) is 0. The van der Waals surface area contributed by atoms with Crippen LogP contribution in [-0.4, -0.2) is 75.2 Å². The third kappa shape index (κ3) is 3.84. The van der Waals surface area contributed by atoms with Crippen LogP contribution in [0.25, 0.3) is 0 Å². The quantitative estimate of drug-likeness (QED) is 0.759. The van der Waals surface area contributed by atoms with E-state index in [1.54, 1.807) is 16.3 Å². The zero-order valence-corrected chi connectivity index (χ0v) is 15.2. The fourth-order valence-corrected chi connectivity index (χ4v) is 6.00. The van der Waals surface area contributed by atoms with E-state index in [9.17, 15) is 13.2 Å². The Balaban J connectivity index is 2.01. The summed E-state index contributed by atoms with van der Waals surface area (Å²) in [5, 5.41) is 1.74. The lowest BCUT2D eigenvalue weighted by Gasteiger charge is -2.34. The Morgan fingerprint density at radius 3 is 2.43 bits per heavy atom. The predicted octanol–water partition coefficient (Wildman–Crippen LogP) is 0.905. The van der Waals surface area contributed by atoms with Crippen molar-refractivity contribution in [3.8, 4) is 0 Å². The summed E-state index contributed by atoms with van der Waals surface area (Å²) in [6.07, 6.45) is 0. The summed E-state index contributed by atoms with van der Waals surface area (Å²) >= 11 is 4.47. The number of thiophene rings is 1. The average molecular weight is 396 g/mol. The fourth-order valence-electron chi connectivity index (χ4n) is 2.13. The van der Waals surface area contributed by atoms with Gasteiger partial charge in [-0.05, 0) is 41.5 Å². The number of likely N-dealkylation sites (N-methyl/N-ethyl adjacent to an activating group) is 1. The molecule has 1 aromatic rings. The third-order valence-corrected chi connectivity index (χ3v) is 7.75. The standard InChI is InChI=1S/C12H18BrN3O3S2/c1-14(2)9-11(17)15-4-6-16(7-5-15)21(18,19)12-10(13)3-8-20-12/h3,8H,4-7,9H2,1-2H3. The minimum absolute atomic E-state index is 0.0364. The molecule has 1 fully saturated rings. The summed E-state index contributed by atoms with van der Waals surface area (Å²) in [6.45, 7) is 1.91. The van der Waals surface area contributed by atoms with Crippen LogP contribution in [0.5, 0.6) is 0 Å². The lowest BCUT2D eigenvalue weighted by atomic mass is 10.3. The molecule has 0 spiro atoms. The highest BCUT2D eigenvalue weighted by Gasteiger charge is 2.32. The first-order valence-corrected chi connectivity index (χ1v) is 9.59. The van der Waals surface area contributed by atoms with Gasteiger partial charge in [-0.3, -0.25) is 4.79 Å². The van der Waals surface area contributed by atoms with Gasteiger partial charge in [0.15, 0.2) is 0 Å². The van der Waals surface area contributed by atoms with Gasteiger partial charge in [0.2, 0.25) is 5.91 Å². The number of carbonyl (C=O) groups excluding carboxylic acids is 1. The molecule has 21 heavy (non-hydrogen) atoms. The van der Waals surface area contributed by atoms with Crippen molar-refractivity contribution in [3.63, 3.8) is 0 Å². The predicted molar refractivity (Wildman–Crippen MR) is 85.9 cm³/mol. The summed E-state index contributed by atoms with van der Waals surface area (Å²) in [4.78, 5) is 15.5. The molecule has 0 atom stereocenters. The van der Waals surface area contributed by atoms with Crippen molar-refractivity contribution < 1.29 is 13.2 Å². The van der Waals surface area contributed by atoms with Crippen LogP contribution in [0.2, 0.25) is 0 Å². The fraction of sp³-hybridized carbons (Fsp3) is 0.583. The van der Waals surface area contributed by atoms with Crippen LogP contribution in [0.1, 0.15) is 0 Å². The van der Waals surface area contributed by atoms with E-state index < -0.39 is 10.0 Å². The van der Waals surface area contributed by atoms with Crippen LogP contribution < -0.4 is 0 Å². The first-order valence-electron chi connectivity index (χ1n) is 6.48. The smallest absolute Gasteiger partial charge is 0.253 e. The summed E-state index contributed by atoms with van der Waals surface area (Å²) in [6, 6.07) is 1.73. The highest BCUT2D eigenvalue weighted by Crippen LogP contribution is 2.30. The van der Waals surface area contributed by atoms with Gasteiger partial charge >= 0.3 is 0 Å². The zero-order chi connectivity index (χ0) is 15.6. The highest BCUT2D eigenvalue weighted by molar-refractivity contribution is 9.10. The Hall–Kier alpha value is -0.480. The molecular weight excluding hydrogens is 378 g/mol. The van der Waals surface area contributed by atoms with Crippen LogP contribution in [0, 0.1) is 0 Å². The van der Waals surface area contributed by atoms with Gasteiger partial charge in [0.25, 0.3) is 10.0 Å². The molecule has 2 rings (SSSR count). The number of amides is 1. The van der Waals surface area contributed by atoms with Crippen molar-refractivity contribution in [1.82, 2.24) is 14.1 Å². The molecule has 0 radical (unpaired) electrons. The van der Waals surface area contributed by atoms with Crippen molar-refractivity contribution in [2.45, 2.75) is 4.21 Å². The highest BCUT2D eigenvalue weighted by atomic mass is 79.9. The van der Waals surface area contributed by atoms with Gasteiger partial charge < -0.3 is 9.80 Å². The van der Waals surface area contributed by atoms with Crippen LogP contribution in [0.3, 0.4) is 0 Å². The van der Waals surface area contributed by atoms with Crippen LogP contribution in [0.15, 0.2) is 20.1 Å². The first-order chi connectivity index (χ1) is 9.82. The molecule has 0 aromatic carbocycles. The Labute approximate surface area is 137 Å². The van der Waals surface area contributed by atoms with E-state index in [2.05, 4.69) is 15.9 Å². The number of sulfonamides is 1. The summed E-state index contributed by atoms with van der Waals surface area (Å²) in [5.41, 5.74) is 0. The number of halogens is 1. The maximum Gasteiger partial charge on any atom is 0.253 e. The molecule has 0 aliphatic carbocycles. The van der Waals surface area contributed by atoms with Crippen molar-refractivity contribution in [2.24, 2.45) is 0 Å². The van der Waals surface area contributed by atoms with Crippen molar-refractivity contribution in [2.75, 3.05) is 46.8 Å². The minimum atomic E-state index is -3.46. The Kier molecular flexibility index (Phi) is 5.42. The molecule has 0 saturated carbocycles. The van der Waals surface area contributed by atoms with E-state index in [0.29, 0.717) is 41.4 Å². The summed E-state index contributed by atoms with van der Waals surface area (Å²) < 4.78 is 27.4. The molecule has 1 aromatic heterocycles. The zero-order valence-electron chi connectivity index (χ0n) is 12.0. The second kappa shape index (κ2) is 6.74. The number of piperazine rings is 1. The van der Waals surface area contributed by atoms with Gasteiger partial charge in [-0.2, -0.15) is 4.31 Å². The van der Waals surface area contributed by atoms with E-state index >= 15 is 0 Å². The van der Waals surface area contributed by atoms with Crippen molar-refractivity contribution in [1.29, 1.82) is 0 Å². The van der Waals surface area contributed by atoms with Gasteiger partial charge in [-0.1, -0.05) is 0 Å². The third-order valence-electron chi connectivity index (χ3n) is 3.20. The Bertz CT molecular complexity index is 607. The van der Waals surface area contributed by atoms with Crippen LogP contribution >= 0.6 is 27.3 Å². The molecule has 1 saturated heterocycles. The van der Waals surface area contributed by atoms with Crippen molar-refractivity contribution in [3.05, 3.63) is 15.9 Å². The maximum absolute atomic E-state index is 12.5. The molecule has 9 heteroatoms. The van der Waals surface area contributed by atoms with Gasteiger partial charge in [0.05, 0.1) is 6.54 Å². The molecule has 118 valence electrons. The van der Waals surface area contributed by atoms with E-state index in [0.717, 1.165) is 0 Å². The molecule has 0 unspecified atom stereocenters. The second-order valence-electron chi connectivity index (χ2n) is 5.08. The van der Waals surface area contributed by atoms with Crippen LogP contribution in [-0.2, 0) is 14.8 Å². The lowest BCUT2D eigenvalue weighted by molar-refractivity contribution is -0.133. The molecule has 0 N–H and O–H groups in total. The number of hydrogen-bond acceptors (Lipinski definition) is 5. The molecule has 1 amide bonds. The number of nitrogens with zero attached hydrogens (tertiary/aromatic N) is 3. The maximum atomic E-state index is 12.5. The second-order valence-corrected chi connectivity index (χ2v) is 8.98. The van der Waals surface area contributed by atoms with Crippen LogP contribution in [0.4, 0.5) is 0 Å². The van der Waals surface area contributed by atoms with Crippen molar-refractivity contribution >= 4 is 43.2 Å². The van der Waals surface area contributed by atoms with Gasteiger partial charge in [0, 0.05) is 30.7 Å². The number of carbonyl (C=O) groups is 1. The monoisotopic (exact) mass is 395 g/mol. The molecule has 1 aliphatic rings. The molecule has 0 bridgehead atoms. The summed E-state index contributed by atoms with van der Waals surface area (Å²) in [5.74, 6) is 0.0364. The van der Waals surface area contributed by atoms with Gasteiger partial charge in [-0.15, -0.1) is 11.3 Å². The molecule has 1 aliphatic heterocycles. The lowest BCUT2D eigenvalue weighted by Crippen LogP contribution is -2.52. The molecular formula is C12H18BrN3O3S2. The van der Waals surface area contributed by atoms with Gasteiger partial charge in [-0.25, -0.2) is 8.42 Å². The number of rotatable bonds is 4. The molecule has 2 heterocycles. The van der Waals surface area contributed by atoms with Gasteiger partial charge in [0.1, 0.15) is 4.21 Å².